The number of hydrogen-bond donors (Lipinski definition) is 1. The maximum absolute atomic E-state index is 12.4. The number of anilines is 1. The lowest BCUT2D eigenvalue weighted by Crippen LogP contribution is -2.12. The van der Waals surface area contributed by atoms with Crippen molar-refractivity contribution >= 4 is 44.8 Å². The number of halogens is 1. The molecule has 0 saturated carbocycles. The van der Waals surface area contributed by atoms with Crippen LogP contribution in [0.4, 0.5) is 5.69 Å². The molecular weight excluding hydrogens is 402 g/mol. The van der Waals surface area contributed by atoms with Gasteiger partial charge in [-0.2, -0.15) is 0 Å². The van der Waals surface area contributed by atoms with Crippen LogP contribution in [0.2, 0.25) is 5.02 Å². The molecule has 0 bridgehead atoms. The Labute approximate surface area is 167 Å². The molecule has 0 aliphatic carbocycles. The minimum absolute atomic E-state index is 0.113. The fourth-order valence-corrected chi connectivity index (χ4v) is 4.09. The number of hydrogen-bond acceptors (Lipinski definition) is 4. The first kappa shape index (κ1) is 19.5. The van der Waals surface area contributed by atoms with Crippen LogP contribution in [0.1, 0.15) is 10.4 Å². The lowest BCUT2D eigenvalue weighted by molar-refractivity contribution is 0.102. The van der Waals surface area contributed by atoms with E-state index < -0.39 is 9.84 Å². The summed E-state index contributed by atoms with van der Waals surface area (Å²) in [5.41, 5.74) is 0.903. The Balaban J connectivity index is 1.71. The summed E-state index contributed by atoms with van der Waals surface area (Å²) in [4.78, 5) is 14.4. The minimum Gasteiger partial charge on any atom is -0.322 e. The monoisotopic (exact) mass is 417 g/mol. The Morgan fingerprint density at radius 2 is 1.67 bits per heavy atom. The number of carbonyl (C=O) groups excluding carboxylic acids is 1. The highest BCUT2D eigenvalue weighted by molar-refractivity contribution is 7.99. The van der Waals surface area contributed by atoms with Crippen molar-refractivity contribution in [1.82, 2.24) is 0 Å². The van der Waals surface area contributed by atoms with Gasteiger partial charge in [0.25, 0.3) is 5.91 Å². The molecule has 0 atom stereocenters. The van der Waals surface area contributed by atoms with Crippen molar-refractivity contribution in [2.45, 2.75) is 14.7 Å². The van der Waals surface area contributed by atoms with Gasteiger partial charge in [0.1, 0.15) is 0 Å². The van der Waals surface area contributed by atoms with Crippen molar-refractivity contribution < 1.29 is 13.2 Å². The van der Waals surface area contributed by atoms with E-state index in [2.05, 4.69) is 5.32 Å². The molecule has 0 spiro atoms. The van der Waals surface area contributed by atoms with E-state index in [0.717, 1.165) is 16.0 Å². The van der Waals surface area contributed by atoms with Crippen molar-refractivity contribution in [2.24, 2.45) is 0 Å². The molecule has 3 rings (SSSR count). The zero-order valence-corrected chi connectivity index (χ0v) is 16.7. The molecule has 0 unspecified atom stereocenters. The van der Waals surface area contributed by atoms with Crippen molar-refractivity contribution in [3.63, 3.8) is 0 Å². The molecular formula is C20H16ClNO3S2. The predicted octanol–water partition coefficient (Wildman–Crippen LogP) is 5.15. The van der Waals surface area contributed by atoms with E-state index in [1.807, 2.05) is 36.4 Å². The molecule has 4 nitrogen and oxygen atoms in total. The molecule has 27 heavy (non-hydrogen) atoms. The highest BCUT2D eigenvalue weighted by Crippen LogP contribution is 2.33. The molecule has 138 valence electrons. The van der Waals surface area contributed by atoms with Gasteiger partial charge in [0.05, 0.1) is 9.92 Å². The summed E-state index contributed by atoms with van der Waals surface area (Å²) in [7, 11) is -3.36. The molecule has 7 heteroatoms. The highest BCUT2D eigenvalue weighted by Gasteiger charge is 2.12. The molecule has 0 saturated heterocycles. The van der Waals surface area contributed by atoms with Crippen molar-refractivity contribution in [3.8, 4) is 0 Å². The van der Waals surface area contributed by atoms with Gasteiger partial charge in [-0.05, 0) is 54.6 Å². The SMILES string of the molecule is CS(=O)(=O)c1cccc(C(=O)Nc2ccc(Sc3ccccc3Cl)cc2)c1. The second-order valence-electron chi connectivity index (χ2n) is 5.81. The van der Waals surface area contributed by atoms with Gasteiger partial charge < -0.3 is 5.32 Å². The van der Waals surface area contributed by atoms with E-state index in [4.69, 9.17) is 11.6 Å². The highest BCUT2D eigenvalue weighted by atomic mass is 35.5. The van der Waals surface area contributed by atoms with E-state index in [0.29, 0.717) is 10.7 Å². The van der Waals surface area contributed by atoms with Gasteiger partial charge >= 0.3 is 0 Å². The summed E-state index contributed by atoms with van der Waals surface area (Å²) in [6, 6.07) is 20.9. The third-order valence-electron chi connectivity index (χ3n) is 3.70. The number of nitrogens with one attached hydrogen (secondary N) is 1. The maximum Gasteiger partial charge on any atom is 0.255 e. The van der Waals surface area contributed by atoms with Crippen LogP contribution in [0.25, 0.3) is 0 Å². The Morgan fingerprint density at radius 3 is 2.33 bits per heavy atom. The summed E-state index contributed by atoms with van der Waals surface area (Å²) in [6.07, 6.45) is 1.11. The number of carbonyl (C=O) groups is 1. The fraction of sp³-hybridized carbons (Fsp3) is 0.0500. The van der Waals surface area contributed by atoms with Crippen LogP contribution in [0.3, 0.4) is 0 Å². The first-order valence-electron chi connectivity index (χ1n) is 7.97. The van der Waals surface area contributed by atoms with Gasteiger partial charge in [0.2, 0.25) is 0 Å². The minimum atomic E-state index is -3.36. The summed E-state index contributed by atoms with van der Waals surface area (Å²) in [5.74, 6) is -0.369. The van der Waals surface area contributed by atoms with Crippen LogP contribution in [0.5, 0.6) is 0 Å². The second-order valence-corrected chi connectivity index (χ2v) is 9.35. The Kier molecular flexibility index (Phi) is 5.89. The van der Waals surface area contributed by atoms with E-state index in [-0.39, 0.29) is 16.4 Å². The standard InChI is InChI=1S/C20H16ClNO3S2/c1-27(24,25)17-6-4-5-14(13-17)20(23)22-15-9-11-16(12-10-15)26-19-8-3-2-7-18(19)21/h2-13H,1H3,(H,22,23). The Hall–Kier alpha value is -2.28. The summed E-state index contributed by atoms with van der Waals surface area (Å²) in [5, 5.41) is 3.46. The normalized spacial score (nSPS) is 11.2. The number of benzene rings is 3. The third-order valence-corrected chi connectivity index (χ3v) is 6.34. The largest absolute Gasteiger partial charge is 0.322 e. The van der Waals surface area contributed by atoms with Crippen LogP contribution in [0.15, 0.2) is 87.5 Å². The van der Waals surface area contributed by atoms with Gasteiger partial charge in [0.15, 0.2) is 9.84 Å². The third kappa shape index (κ3) is 5.13. The molecule has 0 fully saturated rings. The number of amides is 1. The van der Waals surface area contributed by atoms with E-state index in [1.54, 1.807) is 24.3 Å². The second kappa shape index (κ2) is 8.17. The van der Waals surface area contributed by atoms with Crippen LogP contribution in [-0.4, -0.2) is 20.6 Å². The average molecular weight is 418 g/mol. The van der Waals surface area contributed by atoms with Gasteiger partial charge in [0, 0.05) is 27.3 Å². The Bertz CT molecular complexity index is 1080. The maximum atomic E-state index is 12.4. The van der Waals surface area contributed by atoms with Gasteiger partial charge in [-0.1, -0.05) is 41.6 Å². The molecule has 0 aromatic heterocycles. The molecule has 0 radical (unpaired) electrons. The molecule has 0 heterocycles. The van der Waals surface area contributed by atoms with Gasteiger partial charge in [-0.25, -0.2) is 8.42 Å². The number of rotatable bonds is 5. The van der Waals surface area contributed by atoms with E-state index in [1.165, 1.54) is 23.9 Å². The van der Waals surface area contributed by atoms with Gasteiger partial charge in [-0.15, -0.1) is 0 Å². The van der Waals surface area contributed by atoms with Crippen molar-refractivity contribution in [3.05, 3.63) is 83.4 Å². The lowest BCUT2D eigenvalue weighted by Gasteiger charge is -2.08. The average Bonchev–Trinajstić information content (AvgIpc) is 2.64. The van der Waals surface area contributed by atoms with Crippen molar-refractivity contribution in [2.75, 3.05) is 11.6 Å². The topological polar surface area (TPSA) is 63.2 Å². The molecule has 0 aliphatic rings. The smallest absolute Gasteiger partial charge is 0.255 e. The predicted molar refractivity (Wildman–Crippen MR) is 110 cm³/mol. The molecule has 1 N–H and O–H groups in total. The van der Waals surface area contributed by atoms with Crippen LogP contribution in [0, 0.1) is 0 Å². The van der Waals surface area contributed by atoms with Crippen LogP contribution < -0.4 is 5.32 Å². The van der Waals surface area contributed by atoms with Crippen LogP contribution >= 0.6 is 23.4 Å². The fourth-order valence-electron chi connectivity index (χ4n) is 2.33. The molecule has 0 aliphatic heterocycles. The first-order valence-corrected chi connectivity index (χ1v) is 11.1. The van der Waals surface area contributed by atoms with Gasteiger partial charge in [-0.3, -0.25) is 4.79 Å². The molecule has 1 amide bonds. The van der Waals surface area contributed by atoms with Crippen LogP contribution in [-0.2, 0) is 9.84 Å². The molecule has 3 aromatic carbocycles. The summed E-state index contributed by atoms with van der Waals surface area (Å²) >= 11 is 7.70. The quantitative estimate of drug-likeness (QED) is 0.623. The summed E-state index contributed by atoms with van der Waals surface area (Å²) < 4.78 is 23.3. The first-order chi connectivity index (χ1) is 12.8. The van der Waals surface area contributed by atoms with Crippen molar-refractivity contribution in [1.29, 1.82) is 0 Å². The zero-order valence-electron chi connectivity index (χ0n) is 14.3. The number of sulfone groups is 1. The van der Waals surface area contributed by atoms with E-state index >= 15 is 0 Å². The zero-order chi connectivity index (χ0) is 19.4. The van der Waals surface area contributed by atoms with E-state index in [9.17, 15) is 13.2 Å². The molecule has 3 aromatic rings. The summed E-state index contributed by atoms with van der Waals surface area (Å²) in [6.45, 7) is 0. The Morgan fingerprint density at radius 1 is 0.963 bits per heavy atom. The lowest BCUT2D eigenvalue weighted by atomic mass is 10.2.